The maximum Gasteiger partial charge on any atom is 0.165 e. The SMILES string of the molecule is COc1cc([C@@H](C2CCCCC2)N2CCNCC2)ccc1F. The summed E-state index contributed by atoms with van der Waals surface area (Å²) in [5.74, 6) is 0.782. The molecule has 22 heavy (non-hydrogen) atoms. The number of piperazine rings is 1. The molecule has 4 heteroatoms. The number of nitrogens with one attached hydrogen (secondary N) is 1. The zero-order valence-corrected chi connectivity index (χ0v) is 13.5. The molecule has 3 rings (SSSR count). The van der Waals surface area contributed by atoms with Gasteiger partial charge in [-0.3, -0.25) is 4.90 Å². The summed E-state index contributed by atoms with van der Waals surface area (Å²) in [6.07, 6.45) is 6.58. The Morgan fingerprint density at radius 1 is 1.18 bits per heavy atom. The Bertz CT molecular complexity index is 464. The van der Waals surface area contributed by atoms with E-state index in [1.165, 1.54) is 37.7 Å². The molecule has 0 amide bonds. The summed E-state index contributed by atoms with van der Waals surface area (Å²) >= 11 is 0. The molecule has 2 fully saturated rings. The predicted octanol–water partition coefficient (Wildman–Crippen LogP) is 3.36. The summed E-state index contributed by atoms with van der Waals surface area (Å²) in [4.78, 5) is 2.58. The average Bonchev–Trinajstić information content (AvgIpc) is 2.58. The van der Waals surface area contributed by atoms with Gasteiger partial charge in [0.05, 0.1) is 7.11 Å². The highest BCUT2D eigenvalue weighted by atomic mass is 19.1. The number of ether oxygens (including phenoxy) is 1. The van der Waals surface area contributed by atoms with Crippen molar-refractivity contribution < 1.29 is 9.13 Å². The molecule has 122 valence electrons. The number of rotatable bonds is 4. The van der Waals surface area contributed by atoms with Gasteiger partial charge in [-0.15, -0.1) is 0 Å². The number of hydrogen-bond acceptors (Lipinski definition) is 3. The van der Waals surface area contributed by atoms with Gasteiger partial charge in [0.25, 0.3) is 0 Å². The molecule has 1 atom stereocenters. The zero-order valence-electron chi connectivity index (χ0n) is 13.5. The van der Waals surface area contributed by atoms with E-state index in [1.807, 2.05) is 12.1 Å². The van der Waals surface area contributed by atoms with Crippen molar-refractivity contribution in [1.82, 2.24) is 10.2 Å². The van der Waals surface area contributed by atoms with E-state index >= 15 is 0 Å². The van der Waals surface area contributed by atoms with Crippen LogP contribution in [-0.4, -0.2) is 38.2 Å². The van der Waals surface area contributed by atoms with Crippen molar-refractivity contribution in [3.05, 3.63) is 29.6 Å². The molecule has 1 aromatic carbocycles. The second-order valence-corrected chi connectivity index (χ2v) is 6.52. The van der Waals surface area contributed by atoms with Gasteiger partial charge in [-0.1, -0.05) is 25.3 Å². The number of benzene rings is 1. The van der Waals surface area contributed by atoms with E-state index < -0.39 is 0 Å². The van der Waals surface area contributed by atoms with E-state index in [9.17, 15) is 4.39 Å². The molecular formula is C18H27FN2O. The molecule has 1 aliphatic heterocycles. The zero-order chi connectivity index (χ0) is 15.4. The van der Waals surface area contributed by atoms with Crippen LogP contribution in [0.3, 0.4) is 0 Å². The van der Waals surface area contributed by atoms with Gasteiger partial charge in [0.1, 0.15) is 0 Å². The van der Waals surface area contributed by atoms with Crippen LogP contribution in [0.4, 0.5) is 4.39 Å². The minimum atomic E-state index is -0.269. The van der Waals surface area contributed by atoms with Gasteiger partial charge in [0.15, 0.2) is 11.6 Å². The Labute approximate surface area is 132 Å². The fourth-order valence-electron chi connectivity index (χ4n) is 4.05. The van der Waals surface area contributed by atoms with Crippen LogP contribution in [0.2, 0.25) is 0 Å². The lowest BCUT2D eigenvalue weighted by Crippen LogP contribution is -2.47. The number of hydrogen-bond donors (Lipinski definition) is 1. The first kappa shape index (κ1) is 15.8. The lowest BCUT2D eigenvalue weighted by atomic mass is 9.80. The van der Waals surface area contributed by atoms with Crippen molar-refractivity contribution in [2.24, 2.45) is 5.92 Å². The maximum absolute atomic E-state index is 13.8. The van der Waals surface area contributed by atoms with Gasteiger partial charge >= 0.3 is 0 Å². The van der Waals surface area contributed by atoms with Crippen LogP contribution in [0.1, 0.15) is 43.7 Å². The van der Waals surface area contributed by atoms with Crippen molar-refractivity contribution in [2.75, 3.05) is 33.3 Å². The minimum Gasteiger partial charge on any atom is -0.494 e. The highest BCUT2D eigenvalue weighted by Crippen LogP contribution is 2.39. The molecule has 3 nitrogen and oxygen atoms in total. The first-order valence-electron chi connectivity index (χ1n) is 8.58. The van der Waals surface area contributed by atoms with Crippen LogP contribution in [0.15, 0.2) is 18.2 Å². The van der Waals surface area contributed by atoms with E-state index in [0.717, 1.165) is 26.2 Å². The normalized spacial score (nSPS) is 22.5. The van der Waals surface area contributed by atoms with Crippen molar-refractivity contribution in [3.8, 4) is 5.75 Å². The smallest absolute Gasteiger partial charge is 0.165 e. The van der Waals surface area contributed by atoms with Crippen LogP contribution in [0, 0.1) is 11.7 Å². The van der Waals surface area contributed by atoms with Crippen molar-refractivity contribution in [3.63, 3.8) is 0 Å². The van der Waals surface area contributed by atoms with Crippen molar-refractivity contribution in [2.45, 2.75) is 38.1 Å². The number of halogens is 1. The fourth-order valence-corrected chi connectivity index (χ4v) is 4.05. The molecule has 1 heterocycles. The number of nitrogens with zero attached hydrogens (tertiary/aromatic N) is 1. The maximum atomic E-state index is 13.8. The summed E-state index contributed by atoms with van der Waals surface area (Å²) in [6, 6.07) is 5.83. The Morgan fingerprint density at radius 2 is 1.91 bits per heavy atom. The molecular weight excluding hydrogens is 279 g/mol. The Balaban J connectivity index is 1.89. The Morgan fingerprint density at radius 3 is 2.59 bits per heavy atom. The minimum absolute atomic E-state index is 0.269. The molecule has 1 aliphatic carbocycles. The van der Waals surface area contributed by atoms with Crippen molar-refractivity contribution >= 4 is 0 Å². The second-order valence-electron chi connectivity index (χ2n) is 6.52. The summed E-state index contributed by atoms with van der Waals surface area (Å²) in [6.45, 7) is 4.23. The molecule has 0 unspecified atom stereocenters. The predicted molar refractivity (Wildman–Crippen MR) is 86.7 cm³/mol. The fraction of sp³-hybridized carbons (Fsp3) is 0.667. The van der Waals surface area contributed by atoms with Gasteiger partial charge in [0.2, 0.25) is 0 Å². The van der Waals surface area contributed by atoms with E-state index in [0.29, 0.717) is 17.7 Å². The topological polar surface area (TPSA) is 24.5 Å². The Kier molecular flexibility index (Phi) is 5.32. The number of methoxy groups -OCH3 is 1. The summed E-state index contributed by atoms with van der Waals surface area (Å²) in [7, 11) is 1.54. The lowest BCUT2D eigenvalue weighted by molar-refractivity contribution is 0.103. The summed E-state index contributed by atoms with van der Waals surface area (Å²) in [5, 5.41) is 3.43. The molecule has 2 aliphatic rings. The molecule has 1 N–H and O–H groups in total. The quantitative estimate of drug-likeness (QED) is 0.923. The van der Waals surface area contributed by atoms with E-state index in [4.69, 9.17) is 4.74 Å². The molecule has 1 aromatic rings. The van der Waals surface area contributed by atoms with Crippen LogP contribution >= 0.6 is 0 Å². The van der Waals surface area contributed by atoms with Gasteiger partial charge in [-0.2, -0.15) is 0 Å². The second kappa shape index (κ2) is 7.42. The monoisotopic (exact) mass is 306 g/mol. The van der Waals surface area contributed by atoms with Crippen LogP contribution in [0.25, 0.3) is 0 Å². The molecule has 0 aromatic heterocycles. The van der Waals surface area contributed by atoms with Gasteiger partial charge in [-0.05, 0) is 36.5 Å². The standard InChI is InChI=1S/C18H27FN2O/c1-22-17-13-15(7-8-16(17)19)18(14-5-3-2-4-6-14)21-11-9-20-10-12-21/h7-8,13-14,18,20H,2-6,9-12H2,1H3/t18-/m1/s1. The third-order valence-corrected chi connectivity index (χ3v) is 5.16. The lowest BCUT2D eigenvalue weighted by Gasteiger charge is -2.41. The Hall–Kier alpha value is -1.13. The molecule has 1 saturated carbocycles. The van der Waals surface area contributed by atoms with Gasteiger partial charge < -0.3 is 10.1 Å². The van der Waals surface area contributed by atoms with E-state index in [2.05, 4.69) is 10.2 Å². The molecule has 0 radical (unpaired) electrons. The molecule has 1 saturated heterocycles. The first-order valence-corrected chi connectivity index (χ1v) is 8.58. The van der Waals surface area contributed by atoms with Crippen LogP contribution in [-0.2, 0) is 0 Å². The average molecular weight is 306 g/mol. The van der Waals surface area contributed by atoms with Crippen molar-refractivity contribution in [1.29, 1.82) is 0 Å². The third-order valence-electron chi connectivity index (χ3n) is 5.16. The third kappa shape index (κ3) is 3.44. The van der Waals surface area contributed by atoms with E-state index in [1.54, 1.807) is 13.2 Å². The van der Waals surface area contributed by atoms with Crippen LogP contribution < -0.4 is 10.1 Å². The highest BCUT2D eigenvalue weighted by molar-refractivity contribution is 5.32. The first-order chi connectivity index (χ1) is 10.8. The molecule has 0 bridgehead atoms. The largest absolute Gasteiger partial charge is 0.494 e. The van der Waals surface area contributed by atoms with Gasteiger partial charge in [-0.25, -0.2) is 4.39 Å². The van der Waals surface area contributed by atoms with E-state index in [-0.39, 0.29) is 5.82 Å². The summed E-state index contributed by atoms with van der Waals surface area (Å²) in [5.41, 5.74) is 1.21. The van der Waals surface area contributed by atoms with Gasteiger partial charge in [0, 0.05) is 32.2 Å². The van der Waals surface area contributed by atoms with Crippen LogP contribution in [0.5, 0.6) is 5.75 Å². The highest BCUT2D eigenvalue weighted by Gasteiger charge is 2.31. The molecule has 0 spiro atoms. The summed E-state index contributed by atoms with van der Waals surface area (Å²) < 4.78 is 19.0.